The SMILES string of the molecule is CN(N)CC(CO)c1ccc(Br)cc1. The average Bonchev–Trinajstić information content (AvgIpc) is 2.15. The Labute approximate surface area is 92.6 Å². The van der Waals surface area contributed by atoms with Crippen molar-refractivity contribution >= 4 is 15.9 Å². The third-order valence-electron chi connectivity index (χ3n) is 2.07. The fraction of sp³-hybridized carbons (Fsp3) is 0.400. The Morgan fingerprint density at radius 3 is 2.43 bits per heavy atom. The Morgan fingerprint density at radius 1 is 1.43 bits per heavy atom. The van der Waals surface area contributed by atoms with Gasteiger partial charge in [0, 0.05) is 24.0 Å². The van der Waals surface area contributed by atoms with Crippen LogP contribution >= 0.6 is 15.9 Å². The third-order valence-corrected chi connectivity index (χ3v) is 2.60. The normalized spacial score (nSPS) is 13.2. The van der Waals surface area contributed by atoms with E-state index >= 15 is 0 Å². The van der Waals surface area contributed by atoms with Crippen molar-refractivity contribution in [2.24, 2.45) is 5.84 Å². The first-order chi connectivity index (χ1) is 6.63. The fourth-order valence-corrected chi connectivity index (χ4v) is 1.62. The maximum Gasteiger partial charge on any atom is 0.0512 e. The molecule has 14 heavy (non-hydrogen) atoms. The van der Waals surface area contributed by atoms with Crippen LogP contribution in [0.2, 0.25) is 0 Å². The van der Waals surface area contributed by atoms with Crippen LogP contribution in [-0.4, -0.2) is 30.3 Å². The molecule has 0 aliphatic heterocycles. The standard InChI is InChI=1S/C10H15BrN2O/c1-13(12)6-9(7-14)8-2-4-10(11)5-3-8/h2-5,9,14H,6-7,12H2,1H3. The zero-order valence-corrected chi connectivity index (χ0v) is 9.74. The molecule has 1 unspecified atom stereocenters. The van der Waals surface area contributed by atoms with E-state index in [0.29, 0.717) is 6.54 Å². The second-order valence-electron chi connectivity index (χ2n) is 3.37. The zero-order chi connectivity index (χ0) is 10.6. The maximum absolute atomic E-state index is 9.20. The number of hydrazine groups is 1. The Balaban J connectivity index is 2.73. The van der Waals surface area contributed by atoms with Crippen molar-refractivity contribution in [3.8, 4) is 0 Å². The van der Waals surface area contributed by atoms with E-state index in [1.807, 2.05) is 24.3 Å². The molecule has 0 fully saturated rings. The van der Waals surface area contributed by atoms with E-state index in [-0.39, 0.29) is 12.5 Å². The number of hydrogen-bond donors (Lipinski definition) is 2. The second-order valence-corrected chi connectivity index (χ2v) is 4.29. The molecule has 1 aromatic carbocycles. The molecular formula is C10H15BrN2O. The van der Waals surface area contributed by atoms with Crippen LogP contribution in [0, 0.1) is 0 Å². The lowest BCUT2D eigenvalue weighted by molar-refractivity contribution is 0.222. The number of aliphatic hydroxyl groups excluding tert-OH is 1. The van der Waals surface area contributed by atoms with Crippen LogP contribution in [-0.2, 0) is 0 Å². The summed E-state index contributed by atoms with van der Waals surface area (Å²) >= 11 is 3.37. The molecule has 4 heteroatoms. The topological polar surface area (TPSA) is 49.5 Å². The molecule has 0 aliphatic carbocycles. The molecule has 3 nitrogen and oxygen atoms in total. The van der Waals surface area contributed by atoms with Crippen molar-refractivity contribution in [2.75, 3.05) is 20.2 Å². The summed E-state index contributed by atoms with van der Waals surface area (Å²) in [5, 5.41) is 10.8. The molecule has 0 aromatic heterocycles. The van der Waals surface area contributed by atoms with E-state index in [9.17, 15) is 5.11 Å². The largest absolute Gasteiger partial charge is 0.396 e. The molecular weight excluding hydrogens is 244 g/mol. The quantitative estimate of drug-likeness (QED) is 0.633. The Kier molecular flexibility index (Phi) is 4.54. The van der Waals surface area contributed by atoms with Crippen molar-refractivity contribution in [2.45, 2.75) is 5.92 Å². The van der Waals surface area contributed by atoms with Crippen LogP contribution in [0.3, 0.4) is 0 Å². The highest BCUT2D eigenvalue weighted by Crippen LogP contribution is 2.18. The molecule has 0 aliphatic rings. The van der Waals surface area contributed by atoms with Gasteiger partial charge in [-0.05, 0) is 17.7 Å². The predicted octanol–water partition coefficient (Wildman–Crippen LogP) is 1.33. The van der Waals surface area contributed by atoms with Gasteiger partial charge in [-0.25, -0.2) is 5.01 Å². The van der Waals surface area contributed by atoms with Gasteiger partial charge in [-0.3, -0.25) is 5.84 Å². The first-order valence-electron chi connectivity index (χ1n) is 4.45. The number of rotatable bonds is 4. The zero-order valence-electron chi connectivity index (χ0n) is 8.15. The summed E-state index contributed by atoms with van der Waals surface area (Å²) in [6.45, 7) is 0.765. The number of hydrogen-bond acceptors (Lipinski definition) is 3. The third kappa shape index (κ3) is 3.38. The molecule has 0 saturated carbocycles. The Morgan fingerprint density at radius 2 is 2.00 bits per heavy atom. The molecule has 1 atom stereocenters. The summed E-state index contributed by atoms with van der Waals surface area (Å²) in [5.74, 6) is 5.63. The number of likely N-dealkylation sites (N-methyl/N-ethyl adjacent to an activating group) is 1. The van der Waals surface area contributed by atoms with Gasteiger partial charge in [0.05, 0.1) is 6.61 Å². The molecule has 0 bridgehead atoms. The van der Waals surface area contributed by atoms with Gasteiger partial charge in [-0.2, -0.15) is 0 Å². The van der Waals surface area contributed by atoms with Gasteiger partial charge in [0.2, 0.25) is 0 Å². The van der Waals surface area contributed by atoms with E-state index in [0.717, 1.165) is 10.0 Å². The van der Waals surface area contributed by atoms with Crippen LogP contribution < -0.4 is 5.84 Å². The van der Waals surface area contributed by atoms with E-state index in [4.69, 9.17) is 5.84 Å². The van der Waals surface area contributed by atoms with E-state index < -0.39 is 0 Å². The van der Waals surface area contributed by atoms with Crippen molar-refractivity contribution in [3.05, 3.63) is 34.3 Å². The molecule has 0 amide bonds. The van der Waals surface area contributed by atoms with E-state index in [1.165, 1.54) is 0 Å². The number of halogens is 1. The Bertz CT molecular complexity index is 274. The number of nitrogens with two attached hydrogens (primary N) is 1. The molecule has 1 aromatic rings. The van der Waals surface area contributed by atoms with Gasteiger partial charge < -0.3 is 5.11 Å². The van der Waals surface area contributed by atoms with Gasteiger partial charge in [-0.1, -0.05) is 28.1 Å². The lowest BCUT2D eigenvalue weighted by Gasteiger charge is -2.18. The molecule has 1 rings (SSSR count). The Hall–Kier alpha value is -0.420. The van der Waals surface area contributed by atoms with Crippen molar-refractivity contribution in [1.82, 2.24) is 5.01 Å². The number of nitrogens with zero attached hydrogens (tertiary/aromatic N) is 1. The summed E-state index contributed by atoms with van der Waals surface area (Å²) in [6, 6.07) is 7.92. The molecule has 78 valence electrons. The van der Waals surface area contributed by atoms with Gasteiger partial charge in [0.15, 0.2) is 0 Å². The van der Waals surface area contributed by atoms with E-state index in [2.05, 4.69) is 15.9 Å². The monoisotopic (exact) mass is 258 g/mol. The van der Waals surface area contributed by atoms with Crippen LogP contribution in [0.5, 0.6) is 0 Å². The van der Waals surface area contributed by atoms with Crippen LogP contribution in [0.15, 0.2) is 28.7 Å². The number of aliphatic hydroxyl groups is 1. The molecule has 0 saturated heterocycles. The lowest BCUT2D eigenvalue weighted by Crippen LogP contribution is -2.32. The summed E-state index contributed by atoms with van der Waals surface area (Å²) in [4.78, 5) is 0. The van der Waals surface area contributed by atoms with Gasteiger partial charge in [0.25, 0.3) is 0 Å². The van der Waals surface area contributed by atoms with Crippen LogP contribution in [0.4, 0.5) is 0 Å². The van der Waals surface area contributed by atoms with Crippen molar-refractivity contribution in [1.29, 1.82) is 0 Å². The van der Waals surface area contributed by atoms with Gasteiger partial charge in [0.1, 0.15) is 0 Å². The molecule has 0 heterocycles. The van der Waals surface area contributed by atoms with Crippen molar-refractivity contribution in [3.63, 3.8) is 0 Å². The van der Waals surface area contributed by atoms with Crippen molar-refractivity contribution < 1.29 is 5.11 Å². The highest BCUT2D eigenvalue weighted by atomic mass is 79.9. The average molecular weight is 259 g/mol. The van der Waals surface area contributed by atoms with Crippen LogP contribution in [0.1, 0.15) is 11.5 Å². The minimum Gasteiger partial charge on any atom is -0.396 e. The van der Waals surface area contributed by atoms with Gasteiger partial charge >= 0.3 is 0 Å². The van der Waals surface area contributed by atoms with Crippen LogP contribution in [0.25, 0.3) is 0 Å². The fourth-order valence-electron chi connectivity index (χ4n) is 1.35. The lowest BCUT2D eigenvalue weighted by atomic mass is 10.0. The second kappa shape index (κ2) is 5.46. The summed E-state index contributed by atoms with van der Waals surface area (Å²) in [7, 11) is 1.79. The first-order valence-corrected chi connectivity index (χ1v) is 5.25. The molecule has 0 spiro atoms. The van der Waals surface area contributed by atoms with E-state index in [1.54, 1.807) is 12.1 Å². The minimum absolute atomic E-state index is 0.0816. The summed E-state index contributed by atoms with van der Waals surface area (Å²) in [5.41, 5.74) is 1.10. The first kappa shape index (κ1) is 11.7. The summed E-state index contributed by atoms with van der Waals surface area (Å²) < 4.78 is 1.04. The maximum atomic E-state index is 9.20. The summed E-state index contributed by atoms with van der Waals surface area (Å²) in [6.07, 6.45) is 0. The molecule has 3 N–H and O–H groups in total. The minimum atomic E-state index is 0.0816. The highest BCUT2D eigenvalue weighted by Gasteiger charge is 2.11. The smallest absolute Gasteiger partial charge is 0.0512 e. The number of benzene rings is 1. The predicted molar refractivity (Wildman–Crippen MR) is 60.8 cm³/mol. The van der Waals surface area contributed by atoms with Gasteiger partial charge in [-0.15, -0.1) is 0 Å². The molecule has 0 radical (unpaired) electrons. The highest BCUT2D eigenvalue weighted by molar-refractivity contribution is 9.10.